The van der Waals surface area contributed by atoms with E-state index in [4.69, 9.17) is 60.3 Å². The van der Waals surface area contributed by atoms with Crippen molar-refractivity contribution in [2.24, 2.45) is 0 Å². The van der Waals surface area contributed by atoms with Crippen molar-refractivity contribution in [3.05, 3.63) is 0 Å². The zero-order valence-corrected chi connectivity index (χ0v) is 65.4. The number of nitrogens with zero attached hydrogens (tertiary/aromatic N) is 13. The van der Waals surface area contributed by atoms with E-state index in [-0.39, 0.29) is 4.70 Å². The first-order chi connectivity index (χ1) is 32.9. The van der Waals surface area contributed by atoms with Crippen LogP contribution >= 0.6 is 0 Å². The maximum absolute atomic E-state index is 8.42. The number of hydrogen-bond donors (Lipinski definition) is 0. The second-order valence-electron chi connectivity index (χ2n) is 36.0. The van der Waals surface area contributed by atoms with Crippen LogP contribution in [-0.2, 0) is 0 Å². The fraction of sp³-hybridized carbons (Fsp3) is 1.00. The Kier molecular flexibility index (Phi) is 101. The van der Waals surface area contributed by atoms with Crippen LogP contribution in [0.25, 0.3) is 0 Å². The molecule has 0 radical (unpaired) electrons. The molecule has 0 aromatic rings. The number of hydrogen-bond acceptors (Lipinski definition) is 12. The first-order valence-electron chi connectivity index (χ1n) is 26.1. The van der Waals surface area contributed by atoms with E-state index in [1.807, 2.05) is 0 Å². The predicted molar refractivity (Wildman–Crippen MR) is 334 cm³/mol. The van der Waals surface area contributed by atoms with Crippen LogP contribution in [0.2, 0.25) is 0 Å². The number of quaternary nitrogens is 13. The molecule has 0 spiro atoms. The Bertz CT molecular complexity index is 761. The van der Waals surface area contributed by atoms with Crippen molar-refractivity contribution in [3.8, 4) is 0 Å². The summed E-state index contributed by atoms with van der Waals surface area (Å²) in [5.74, 6) is 0. The van der Waals surface area contributed by atoms with E-state index in [0.717, 1.165) is 58.3 Å². The minimum absolute atomic E-state index is 0. The lowest BCUT2D eigenvalue weighted by molar-refractivity contribution is -0.849. The Morgan fingerprint density at radius 3 is 0.110 bits per heavy atom. The number of rotatable bonds is 0. The molecule has 0 rings (SSSR count). The van der Waals surface area contributed by atoms with Crippen molar-refractivity contribution in [1.29, 1.82) is 0 Å². The van der Waals surface area contributed by atoms with Gasteiger partial charge in [-0.15, -0.1) is 0 Å². The SMILES string of the molecule is C[N+](C)(C)C.C[N+](C)(C)C.C[N+](C)(C)C.C[N+](C)(C)C.C[N+](C)(C)C.C[N+](C)(C)C.C[N+](C)(C)C.C[N+](C)(C)C.C[N+](C)(C)C.C[N+](C)(C)C.C[N+](C)(C)C.C[N+](C)(C)C.C[N+](C)(C)C.[F-].[O-]B([O-])[O-].[O-]B([O-])[O-].[O-]B([O-])[O-].[O-]B([O-])[O-]. The van der Waals surface area contributed by atoms with Crippen LogP contribution in [0.15, 0.2) is 0 Å². The summed E-state index contributed by atoms with van der Waals surface area (Å²) in [5, 5.41) is 101. The molecule has 0 amide bonds. The molecule has 0 aliphatic heterocycles. The molecule has 82 heavy (non-hydrogen) atoms. The molecule has 0 aromatic heterocycles. The van der Waals surface area contributed by atoms with Crippen molar-refractivity contribution < 1.29 is 123 Å². The standard InChI is InChI=1S/13C4H12N.4BO3.FH/c13*1-5(2,3)4;4*2-1(3)4;/h13*1-4H3;;;;;1H/q13*+1;4*-3;/p-1. The minimum atomic E-state index is -2.92. The molecule has 0 N–H and O–H groups in total. The molecule has 0 atom stereocenters. The molecule has 520 valence electrons. The Balaban J connectivity index is -0.0000000332. The molecular formula is C52H156B4FN13O12. The van der Waals surface area contributed by atoms with Gasteiger partial charge in [-0.3, -0.25) is 29.3 Å². The first kappa shape index (κ1) is 131. The Morgan fingerprint density at radius 2 is 0.110 bits per heavy atom. The topological polar surface area (TPSA) is 277 Å². The van der Waals surface area contributed by atoms with Gasteiger partial charge in [-0.2, -0.15) is 0 Å². The monoisotopic (exact) mass is 1220 g/mol. The van der Waals surface area contributed by atoms with E-state index in [2.05, 4.69) is 366 Å². The minimum Gasteiger partial charge on any atom is -1.00 e. The summed E-state index contributed by atoms with van der Waals surface area (Å²) < 4.78 is 13.0. The van der Waals surface area contributed by atoms with Crippen LogP contribution in [0, 0.1) is 0 Å². The lowest BCUT2D eigenvalue weighted by Crippen LogP contribution is -3.00. The van der Waals surface area contributed by atoms with Crippen molar-refractivity contribution in [1.82, 2.24) is 0 Å². The maximum Gasteiger partial charge on any atom is 0.0675 e. The lowest BCUT2D eigenvalue weighted by Gasteiger charge is -2.35. The van der Waals surface area contributed by atoms with Gasteiger partial charge in [-0.05, 0) is 0 Å². The van der Waals surface area contributed by atoms with Gasteiger partial charge in [0.2, 0.25) is 0 Å². The van der Waals surface area contributed by atoms with Crippen molar-refractivity contribution >= 4 is 29.3 Å². The average Bonchev–Trinajstić information content (AvgIpc) is 2.78. The molecule has 0 aliphatic carbocycles. The predicted octanol–water partition coefficient (Wildman–Crippen LogP) is -14.6. The van der Waals surface area contributed by atoms with Crippen LogP contribution in [0.5, 0.6) is 0 Å². The fourth-order valence-electron chi connectivity index (χ4n) is 0. The summed E-state index contributed by atoms with van der Waals surface area (Å²) in [5.41, 5.74) is 0. The van der Waals surface area contributed by atoms with Gasteiger partial charge in [0, 0.05) is 0 Å². The lowest BCUT2D eigenvalue weighted by atomic mass is 10.3. The van der Waals surface area contributed by atoms with E-state index in [1.165, 1.54) is 0 Å². The van der Waals surface area contributed by atoms with Gasteiger partial charge in [0.15, 0.2) is 0 Å². The van der Waals surface area contributed by atoms with E-state index in [9.17, 15) is 0 Å². The molecule has 0 bridgehead atoms. The third-order valence-electron chi connectivity index (χ3n) is 0. The molecule has 0 saturated carbocycles. The number of halogens is 1. The fourth-order valence-corrected chi connectivity index (χ4v) is 0. The van der Waals surface area contributed by atoms with E-state index < -0.39 is 29.3 Å². The van der Waals surface area contributed by atoms with Crippen molar-refractivity contribution in [2.45, 2.75) is 0 Å². The smallest absolute Gasteiger partial charge is 0.0675 e. The first-order valence-corrected chi connectivity index (χ1v) is 26.1. The Labute approximate surface area is 517 Å². The van der Waals surface area contributed by atoms with Gasteiger partial charge in [-0.1, -0.05) is 0 Å². The molecule has 0 saturated heterocycles. The van der Waals surface area contributed by atoms with E-state index in [0.29, 0.717) is 0 Å². The van der Waals surface area contributed by atoms with Crippen molar-refractivity contribution in [3.63, 3.8) is 0 Å². The molecule has 0 aliphatic rings. The van der Waals surface area contributed by atoms with Crippen LogP contribution in [-0.4, -0.2) is 454 Å². The van der Waals surface area contributed by atoms with Gasteiger partial charge < -0.3 is 123 Å². The van der Waals surface area contributed by atoms with E-state index >= 15 is 0 Å². The van der Waals surface area contributed by atoms with Crippen molar-refractivity contribution in [2.75, 3.05) is 366 Å². The highest BCUT2D eigenvalue weighted by molar-refractivity contribution is 6.24. The summed E-state index contributed by atoms with van der Waals surface area (Å²) in [6, 6.07) is 0. The average molecular weight is 1220 g/mol. The molecular weight excluding hydrogens is 1060 g/mol. The highest BCUT2D eigenvalue weighted by atomic mass is 19.0. The van der Waals surface area contributed by atoms with Gasteiger partial charge >= 0.3 is 0 Å². The molecule has 0 heterocycles. The summed E-state index contributed by atoms with van der Waals surface area (Å²) in [6.45, 7) is 0. The summed E-state index contributed by atoms with van der Waals surface area (Å²) in [7, 11) is 98.8. The van der Waals surface area contributed by atoms with Gasteiger partial charge in [0.1, 0.15) is 0 Å². The highest BCUT2D eigenvalue weighted by Crippen LogP contribution is 1.79. The summed E-state index contributed by atoms with van der Waals surface area (Å²) in [6.07, 6.45) is 0. The molecule has 25 nitrogen and oxygen atoms in total. The van der Waals surface area contributed by atoms with Gasteiger partial charge in [0.25, 0.3) is 0 Å². The third kappa shape index (κ3) is 737000. The van der Waals surface area contributed by atoms with Gasteiger partial charge in [0.05, 0.1) is 366 Å². The summed E-state index contributed by atoms with van der Waals surface area (Å²) in [4.78, 5) is 0. The zero-order chi connectivity index (χ0) is 72.8. The van der Waals surface area contributed by atoms with E-state index in [1.54, 1.807) is 0 Å². The maximum atomic E-state index is 8.42. The largest absolute Gasteiger partial charge is 1.00 e. The highest BCUT2D eigenvalue weighted by Gasteiger charge is 1.94. The quantitative estimate of drug-likeness (QED) is 0.162. The Morgan fingerprint density at radius 1 is 0.110 bits per heavy atom. The second kappa shape index (κ2) is 63.2. The molecule has 0 fully saturated rings. The normalized spacial score (nSPS) is 10.8. The third-order valence-corrected chi connectivity index (χ3v) is 0. The molecule has 30 heteroatoms. The Hall–Kier alpha value is -0.810. The molecule has 0 unspecified atom stereocenters. The summed E-state index contributed by atoms with van der Waals surface area (Å²) >= 11 is 0. The van der Waals surface area contributed by atoms with Crippen LogP contribution < -0.4 is 65.0 Å². The van der Waals surface area contributed by atoms with Crippen LogP contribution in [0.1, 0.15) is 0 Å². The van der Waals surface area contributed by atoms with Crippen LogP contribution in [0.3, 0.4) is 0 Å². The second-order valence-corrected chi connectivity index (χ2v) is 36.0. The zero-order valence-electron chi connectivity index (χ0n) is 65.4. The van der Waals surface area contributed by atoms with Gasteiger partial charge in [-0.25, -0.2) is 0 Å². The van der Waals surface area contributed by atoms with Crippen LogP contribution in [0.4, 0.5) is 0 Å². The molecule has 0 aromatic carbocycles.